The Morgan fingerprint density at radius 2 is 0.941 bits per heavy atom. The maximum absolute atomic E-state index is 6.13. The lowest BCUT2D eigenvalue weighted by atomic mass is 9.97. The summed E-state index contributed by atoms with van der Waals surface area (Å²) in [6.45, 7) is 0. The predicted molar refractivity (Wildman–Crippen MR) is 218 cm³/mol. The number of hydrogen-bond donors (Lipinski definition) is 0. The molecule has 0 unspecified atom stereocenters. The molecule has 3 heteroatoms. The van der Waals surface area contributed by atoms with E-state index in [1.807, 2.05) is 23.5 Å². The van der Waals surface area contributed by atoms with Crippen molar-refractivity contribution in [2.24, 2.45) is 0 Å². The average molecular weight is 670 g/mol. The summed E-state index contributed by atoms with van der Waals surface area (Å²) in [7, 11) is 0. The molecule has 0 bridgehead atoms. The highest BCUT2D eigenvalue weighted by Gasteiger charge is 2.20. The topological polar surface area (TPSA) is 16.4 Å². The Morgan fingerprint density at radius 3 is 1.69 bits per heavy atom. The molecule has 240 valence electrons. The Balaban J connectivity index is 1.17. The van der Waals surface area contributed by atoms with E-state index in [1.54, 1.807) is 0 Å². The lowest BCUT2D eigenvalue weighted by Crippen LogP contribution is -2.10. The average Bonchev–Trinajstić information content (AvgIpc) is 3.78. The van der Waals surface area contributed by atoms with Gasteiger partial charge in [-0.3, -0.25) is 0 Å². The fourth-order valence-corrected chi connectivity index (χ4v) is 8.59. The number of para-hydroxylation sites is 1. The van der Waals surface area contributed by atoms with Gasteiger partial charge in [-0.05, 0) is 94.0 Å². The molecular formula is C48H31NOS. The zero-order valence-corrected chi connectivity index (χ0v) is 28.5. The van der Waals surface area contributed by atoms with Crippen LogP contribution in [0.4, 0.5) is 17.1 Å². The van der Waals surface area contributed by atoms with Crippen LogP contribution in [0.25, 0.3) is 75.5 Å². The maximum Gasteiger partial charge on any atom is 0.135 e. The van der Waals surface area contributed by atoms with Gasteiger partial charge in [0.2, 0.25) is 0 Å². The van der Waals surface area contributed by atoms with Gasteiger partial charge in [0, 0.05) is 37.6 Å². The summed E-state index contributed by atoms with van der Waals surface area (Å²) >= 11 is 1.86. The molecule has 0 aliphatic carbocycles. The Morgan fingerprint density at radius 1 is 0.353 bits per heavy atom. The van der Waals surface area contributed by atoms with E-state index in [0.29, 0.717) is 0 Å². The first-order valence-corrected chi connectivity index (χ1v) is 18.1. The first-order chi connectivity index (χ1) is 25.3. The minimum atomic E-state index is 0.909. The van der Waals surface area contributed by atoms with Crippen LogP contribution in [-0.2, 0) is 0 Å². The van der Waals surface area contributed by atoms with E-state index in [0.717, 1.165) is 50.1 Å². The van der Waals surface area contributed by atoms with Gasteiger partial charge in [-0.15, -0.1) is 11.3 Å². The van der Waals surface area contributed by atoms with Crippen molar-refractivity contribution in [2.45, 2.75) is 0 Å². The fraction of sp³-hybridized carbons (Fsp3) is 0. The highest BCUT2D eigenvalue weighted by Crippen LogP contribution is 2.46. The van der Waals surface area contributed by atoms with Crippen molar-refractivity contribution in [1.29, 1.82) is 0 Å². The number of anilines is 3. The van der Waals surface area contributed by atoms with E-state index in [1.165, 1.54) is 42.4 Å². The molecule has 0 aliphatic rings. The molecule has 0 amide bonds. The highest BCUT2D eigenvalue weighted by atomic mass is 32.1. The molecule has 2 aromatic heterocycles. The van der Waals surface area contributed by atoms with Gasteiger partial charge in [-0.25, -0.2) is 0 Å². The van der Waals surface area contributed by atoms with E-state index < -0.39 is 0 Å². The molecule has 0 N–H and O–H groups in total. The third kappa shape index (κ3) is 5.18. The van der Waals surface area contributed by atoms with Crippen LogP contribution in [0.1, 0.15) is 0 Å². The standard InChI is InChI=1S/C48H31NOS/c1-3-12-32(13-4-1)36-28-37(33-14-5-2-6-15-33)30-39(29-36)49(44-19-11-18-42-41-17-8-10-21-47(41)51-48(42)44)38-25-22-34(23-26-38)35-24-27-46-43(31-35)40-16-7-9-20-45(40)50-46/h1-31H. The smallest absolute Gasteiger partial charge is 0.135 e. The molecule has 0 fully saturated rings. The van der Waals surface area contributed by atoms with E-state index in [-0.39, 0.29) is 0 Å². The van der Waals surface area contributed by atoms with Crippen LogP contribution in [0, 0.1) is 0 Å². The minimum Gasteiger partial charge on any atom is -0.456 e. The van der Waals surface area contributed by atoms with Gasteiger partial charge < -0.3 is 9.32 Å². The summed E-state index contributed by atoms with van der Waals surface area (Å²) < 4.78 is 8.69. The predicted octanol–water partition coefficient (Wildman–Crippen LogP) is 14.4. The quantitative estimate of drug-likeness (QED) is 0.175. The Hall–Kier alpha value is -6.42. The molecule has 2 heterocycles. The van der Waals surface area contributed by atoms with Crippen LogP contribution in [0.15, 0.2) is 192 Å². The highest BCUT2D eigenvalue weighted by molar-refractivity contribution is 7.26. The summed E-state index contributed by atoms with van der Waals surface area (Å²) in [4.78, 5) is 2.44. The monoisotopic (exact) mass is 669 g/mol. The van der Waals surface area contributed by atoms with Crippen LogP contribution in [-0.4, -0.2) is 0 Å². The molecule has 0 saturated heterocycles. The summed E-state index contributed by atoms with van der Waals surface area (Å²) in [5, 5.41) is 4.84. The molecule has 0 radical (unpaired) electrons. The third-order valence-corrected chi connectivity index (χ3v) is 11.1. The number of furan rings is 1. The number of thiophene rings is 1. The number of benzene rings is 8. The van der Waals surface area contributed by atoms with Crippen molar-refractivity contribution >= 4 is 70.5 Å². The molecule has 8 aromatic carbocycles. The molecule has 0 atom stereocenters. The van der Waals surface area contributed by atoms with E-state index in [2.05, 4.69) is 181 Å². The molecule has 2 nitrogen and oxygen atoms in total. The van der Waals surface area contributed by atoms with Gasteiger partial charge in [-0.2, -0.15) is 0 Å². The lowest BCUT2D eigenvalue weighted by Gasteiger charge is -2.27. The number of rotatable bonds is 6. The van der Waals surface area contributed by atoms with Crippen molar-refractivity contribution in [3.8, 4) is 33.4 Å². The fourth-order valence-electron chi connectivity index (χ4n) is 7.38. The summed E-state index contributed by atoms with van der Waals surface area (Å²) in [5.74, 6) is 0. The molecule has 10 aromatic rings. The van der Waals surface area contributed by atoms with E-state index in [9.17, 15) is 0 Å². The minimum absolute atomic E-state index is 0.909. The van der Waals surface area contributed by atoms with Crippen LogP contribution in [0.5, 0.6) is 0 Å². The van der Waals surface area contributed by atoms with E-state index >= 15 is 0 Å². The van der Waals surface area contributed by atoms with Gasteiger partial charge in [0.25, 0.3) is 0 Å². The largest absolute Gasteiger partial charge is 0.456 e. The first kappa shape index (κ1) is 29.5. The second-order valence-electron chi connectivity index (χ2n) is 12.9. The number of fused-ring (bicyclic) bond motifs is 6. The van der Waals surface area contributed by atoms with Crippen molar-refractivity contribution < 1.29 is 4.42 Å². The Bertz CT molecular complexity index is 2790. The lowest BCUT2D eigenvalue weighted by molar-refractivity contribution is 0.669. The van der Waals surface area contributed by atoms with Crippen LogP contribution in [0.2, 0.25) is 0 Å². The molecule has 10 rings (SSSR count). The SMILES string of the molecule is c1ccc(-c2cc(-c3ccccc3)cc(N(c3ccc(-c4ccc5oc6ccccc6c5c4)cc3)c3cccc4c3sc3ccccc34)c2)cc1. The van der Waals surface area contributed by atoms with Crippen LogP contribution >= 0.6 is 11.3 Å². The third-order valence-electron chi connectivity index (χ3n) is 9.85. The Kier molecular flexibility index (Phi) is 7.04. The molecular weight excluding hydrogens is 639 g/mol. The van der Waals surface area contributed by atoms with Gasteiger partial charge in [0.05, 0.1) is 10.4 Å². The van der Waals surface area contributed by atoms with Crippen molar-refractivity contribution in [3.63, 3.8) is 0 Å². The van der Waals surface area contributed by atoms with Crippen molar-refractivity contribution in [1.82, 2.24) is 0 Å². The molecule has 51 heavy (non-hydrogen) atoms. The summed E-state index contributed by atoms with van der Waals surface area (Å²) in [6, 6.07) is 67.6. The van der Waals surface area contributed by atoms with E-state index in [4.69, 9.17) is 4.42 Å². The zero-order valence-electron chi connectivity index (χ0n) is 27.7. The normalized spacial score (nSPS) is 11.5. The second kappa shape index (κ2) is 12.2. The van der Waals surface area contributed by atoms with Gasteiger partial charge >= 0.3 is 0 Å². The van der Waals surface area contributed by atoms with Crippen molar-refractivity contribution in [3.05, 3.63) is 188 Å². The summed E-state index contributed by atoms with van der Waals surface area (Å²) in [5.41, 5.74) is 12.3. The van der Waals surface area contributed by atoms with Crippen molar-refractivity contribution in [2.75, 3.05) is 4.90 Å². The number of nitrogens with zero attached hydrogens (tertiary/aromatic N) is 1. The second-order valence-corrected chi connectivity index (χ2v) is 14.0. The first-order valence-electron chi connectivity index (χ1n) is 17.2. The zero-order chi connectivity index (χ0) is 33.7. The van der Waals surface area contributed by atoms with Gasteiger partial charge in [0.15, 0.2) is 0 Å². The molecule has 0 spiro atoms. The van der Waals surface area contributed by atoms with Gasteiger partial charge in [-0.1, -0.05) is 127 Å². The van der Waals surface area contributed by atoms with Crippen LogP contribution < -0.4 is 4.90 Å². The maximum atomic E-state index is 6.13. The van der Waals surface area contributed by atoms with Gasteiger partial charge in [0.1, 0.15) is 11.2 Å². The van der Waals surface area contributed by atoms with Crippen LogP contribution in [0.3, 0.4) is 0 Å². The molecule has 0 saturated carbocycles. The molecule has 0 aliphatic heterocycles. The Labute approximate surface area is 300 Å². The number of hydrogen-bond acceptors (Lipinski definition) is 3. The summed E-state index contributed by atoms with van der Waals surface area (Å²) in [6.07, 6.45) is 0.